The molecule has 4 rings (SSSR count). The van der Waals surface area contributed by atoms with Gasteiger partial charge in [0.1, 0.15) is 24.0 Å². The van der Waals surface area contributed by atoms with Crippen LogP contribution in [-0.4, -0.2) is 120 Å². The number of Topliss-reactive ketones (excluding diaryl/α,β-unsaturated/α-hetero) is 2. The van der Waals surface area contributed by atoms with Gasteiger partial charge >= 0.3 is 5.97 Å². The molecular weight excluding hydrogens is 742 g/mol. The number of ketones is 2. The molecule has 0 aromatic rings. The Hall–Kier alpha value is -2.19. The molecule has 13 heteroatoms. The first-order valence-electron chi connectivity index (χ1n) is 20.7. The van der Waals surface area contributed by atoms with Crippen molar-refractivity contribution in [3.8, 4) is 0 Å². The van der Waals surface area contributed by atoms with Gasteiger partial charge in [0.25, 0.3) is 11.7 Å². The average molecular weight is 810 g/mol. The number of hydrogen-bond acceptors (Lipinski definition) is 11. The van der Waals surface area contributed by atoms with E-state index in [-0.39, 0.29) is 54.9 Å². The van der Waals surface area contributed by atoms with E-state index in [4.69, 9.17) is 35.3 Å². The van der Waals surface area contributed by atoms with Crippen LogP contribution in [0.3, 0.4) is 0 Å². The number of esters is 1. The Kier molecular flexibility index (Phi) is 17.2. The van der Waals surface area contributed by atoms with Crippen molar-refractivity contribution in [2.24, 2.45) is 29.6 Å². The summed E-state index contributed by atoms with van der Waals surface area (Å²) in [4.78, 5) is 57.7. The molecule has 3 aliphatic heterocycles. The normalized spacial score (nSPS) is 40.6. The molecule has 2 N–H and O–H groups in total. The molecule has 318 valence electrons. The third-order valence-electron chi connectivity index (χ3n) is 12.8. The van der Waals surface area contributed by atoms with Gasteiger partial charge in [0.15, 0.2) is 0 Å². The van der Waals surface area contributed by atoms with E-state index in [1.54, 1.807) is 21.0 Å². The number of hydrogen-bond donors (Lipinski definition) is 2. The van der Waals surface area contributed by atoms with Crippen LogP contribution in [0.4, 0.5) is 0 Å². The van der Waals surface area contributed by atoms with Crippen molar-refractivity contribution < 1.29 is 53.1 Å². The molecule has 0 aromatic carbocycles. The molecule has 2 saturated heterocycles. The number of ether oxygens (including phenoxy) is 5. The monoisotopic (exact) mass is 809 g/mol. The third-order valence-corrected chi connectivity index (χ3v) is 13.3. The largest absolute Gasteiger partial charge is 0.456 e. The fourth-order valence-corrected chi connectivity index (χ4v) is 9.69. The predicted octanol–water partition coefficient (Wildman–Crippen LogP) is 5.72. The number of halogens is 1. The molecule has 0 spiro atoms. The number of aliphatic hydroxyl groups excluding tert-OH is 1. The van der Waals surface area contributed by atoms with Crippen LogP contribution in [0.15, 0.2) is 23.3 Å². The number of alkyl halides is 1. The van der Waals surface area contributed by atoms with E-state index >= 15 is 0 Å². The first-order valence-corrected chi connectivity index (χ1v) is 21.2. The standard InChI is InChI=1S/C43H68ClNO11/c1-10-30-18-24(2)17-25(3)19-36(53-8)39-37(54-9)21-27(5)43(51,56-39)40(48)41(49)45-16-12-11-13-32(45)42(50)55-38(28(6)33(46)23-34(30)47)26(4)20-29-14-15-31(44)35(22-29)52-7/h18,20,25,27-33,35-39,46,51H,10-17,19,21-23H2,1-9H3/b24-18?,26-20-/t25-,27+,28+,29-,30+,31-,32-,33-,35+,36-,37-,38+,39+,43+/m0/s1. The van der Waals surface area contributed by atoms with Crippen molar-refractivity contribution in [2.75, 3.05) is 27.9 Å². The maximum absolute atomic E-state index is 14.3. The minimum atomic E-state index is -2.49. The zero-order chi connectivity index (χ0) is 41.5. The molecule has 2 bridgehead atoms. The highest BCUT2D eigenvalue weighted by molar-refractivity contribution is 6.39. The van der Waals surface area contributed by atoms with Crippen molar-refractivity contribution >= 4 is 35.0 Å². The van der Waals surface area contributed by atoms with E-state index in [0.717, 1.165) is 18.4 Å². The molecule has 1 saturated carbocycles. The van der Waals surface area contributed by atoms with Gasteiger partial charge < -0.3 is 38.8 Å². The first kappa shape index (κ1) is 46.5. The lowest BCUT2D eigenvalue weighted by molar-refractivity contribution is -0.302. The molecule has 1 amide bonds. The smallest absolute Gasteiger partial charge is 0.329 e. The van der Waals surface area contributed by atoms with E-state index in [9.17, 15) is 29.4 Å². The van der Waals surface area contributed by atoms with Gasteiger partial charge in [0, 0.05) is 52.0 Å². The van der Waals surface area contributed by atoms with E-state index < -0.39 is 77.8 Å². The Bertz CT molecular complexity index is 1440. The van der Waals surface area contributed by atoms with E-state index in [2.05, 4.69) is 6.92 Å². The summed E-state index contributed by atoms with van der Waals surface area (Å²) in [6.45, 7) is 11.3. The number of piperidine rings is 1. The van der Waals surface area contributed by atoms with Crippen LogP contribution in [0.5, 0.6) is 0 Å². The first-order chi connectivity index (χ1) is 26.5. The number of carbonyl (C=O) groups excluding carboxylic acids is 4. The number of nitrogens with zero attached hydrogens (tertiary/aromatic N) is 1. The van der Waals surface area contributed by atoms with Gasteiger partial charge in [-0.25, -0.2) is 4.79 Å². The van der Waals surface area contributed by atoms with E-state index in [1.807, 2.05) is 32.9 Å². The highest BCUT2D eigenvalue weighted by Crippen LogP contribution is 2.39. The third kappa shape index (κ3) is 10.9. The van der Waals surface area contributed by atoms with Gasteiger partial charge in [0.05, 0.1) is 29.8 Å². The van der Waals surface area contributed by atoms with Gasteiger partial charge in [-0.05, 0) is 95.5 Å². The molecule has 1 aliphatic carbocycles. The molecule has 0 radical (unpaired) electrons. The lowest BCUT2D eigenvalue weighted by Crippen LogP contribution is -2.64. The highest BCUT2D eigenvalue weighted by Gasteiger charge is 2.56. The second-order valence-corrected chi connectivity index (χ2v) is 17.7. The van der Waals surface area contributed by atoms with Gasteiger partial charge in [-0.15, -0.1) is 11.6 Å². The summed E-state index contributed by atoms with van der Waals surface area (Å²) in [7, 11) is 4.71. The summed E-state index contributed by atoms with van der Waals surface area (Å²) in [5.41, 5.74) is 1.71. The highest BCUT2D eigenvalue weighted by atomic mass is 35.5. The van der Waals surface area contributed by atoms with Crippen LogP contribution < -0.4 is 0 Å². The number of allylic oxidation sites excluding steroid dienone is 3. The summed E-state index contributed by atoms with van der Waals surface area (Å²) < 4.78 is 29.9. The van der Waals surface area contributed by atoms with E-state index in [1.165, 1.54) is 19.1 Å². The van der Waals surface area contributed by atoms with Crippen molar-refractivity contribution in [1.29, 1.82) is 0 Å². The summed E-state index contributed by atoms with van der Waals surface area (Å²) in [6, 6.07) is -1.12. The second-order valence-electron chi connectivity index (χ2n) is 17.1. The zero-order valence-electron chi connectivity index (χ0n) is 35.0. The van der Waals surface area contributed by atoms with Crippen molar-refractivity contribution in [1.82, 2.24) is 4.90 Å². The fraction of sp³-hybridized carbons (Fsp3) is 0.814. The number of methoxy groups -OCH3 is 3. The Morgan fingerprint density at radius 2 is 1.62 bits per heavy atom. The van der Waals surface area contributed by atoms with Gasteiger partial charge in [-0.3, -0.25) is 14.4 Å². The minimum absolute atomic E-state index is 0.0425. The van der Waals surface area contributed by atoms with E-state index in [0.29, 0.717) is 44.1 Å². The SMILES string of the molecule is CC[C@@H]1C=C(C)C[C@H](C)C[C@H](OC)[C@H]2O[C@@](O)(C(=O)C(=O)N3CCCC[C@H]3C(=O)O[C@H](/C(C)=C\[C@@H]3CC[C@H](Cl)[C@H](OC)C3)[C@H](C)[C@@H](O)CC1=O)[C@H](C)C[C@@H]2OC. The number of carbonyl (C=O) groups is 4. The maximum Gasteiger partial charge on any atom is 0.329 e. The quantitative estimate of drug-likeness (QED) is 0.146. The molecule has 14 atom stereocenters. The Balaban J connectivity index is 1.76. The molecule has 3 fully saturated rings. The number of amides is 1. The summed E-state index contributed by atoms with van der Waals surface area (Å²) in [5.74, 6) is -7.31. The van der Waals surface area contributed by atoms with Crippen LogP contribution in [0.1, 0.15) is 112 Å². The summed E-state index contributed by atoms with van der Waals surface area (Å²) >= 11 is 6.52. The second kappa shape index (κ2) is 20.7. The fourth-order valence-electron chi connectivity index (χ4n) is 9.36. The Labute approximate surface area is 339 Å². The molecule has 56 heavy (non-hydrogen) atoms. The molecular formula is C43H68ClNO11. The molecule has 3 heterocycles. The van der Waals surface area contributed by atoms with Crippen molar-refractivity contribution in [2.45, 2.75) is 166 Å². The average Bonchev–Trinajstić information content (AvgIpc) is 3.18. The summed E-state index contributed by atoms with van der Waals surface area (Å²) in [6.07, 6.45) is 5.16. The van der Waals surface area contributed by atoms with Gasteiger partial charge in [-0.2, -0.15) is 0 Å². The summed E-state index contributed by atoms with van der Waals surface area (Å²) in [5, 5.41) is 23.6. The topological polar surface area (TPSA) is 158 Å². The molecule has 0 unspecified atom stereocenters. The lowest BCUT2D eigenvalue weighted by atomic mass is 9.82. The van der Waals surface area contributed by atoms with Crippen molar-refractivity contribution in [3.05, 3.63) is 23.3 Å². The molecule has 4 aliphatic rings. The molecule has 12 nitrogen and oxygen atoms in total. The zero-order valence-corrected chi connectivity index (χ0v) is 35.8. The van der Waals surface area contributed by atoms with Crippen LogP contribution in [0.2, 0.25) is 0 Å². The Morgan fingerprint density at radius 1 is 0.964 bits per heavy atom. The van der Waals surface area contributed by atoms with Crippen LogP contribution in [0, 0.1) is 29.6 Å². The van der Waals surface area contributed by atoms with Crippen molar-refractivity contribution in [3.63, 3.8) is 0 Å². The number of fused-ring (bicyclic) bond motifs is 3. The van der Waals surface area contributed by atoms with Crippen LogP contribution in [-0.2, 0) is 42.9 Å². The minimum Gasteiger partial charge on any atom is -0.456 e. The predicted molar refractivity (Wildman–Crippen MR) is 212 cm³/mol. The number of rotatable bonds is 6. The lowest BCUT2D eigenvalue weighted by Gasteiger charge is -2.47. The van der Waals surface area contributed by atoms with Gasteiger partial charge in [0.2, 0.25) is 5.79 Å². The molecule has 0 aromatic heterocycles. The van der Waals surface area contributed by atoms with Crippen LogP contribution >= 0.6 is 11.6 Å². The van der Waals surface area contributed by atoms with Gasteiger partial charge in [-0.1, -0.05) is 45.4 Å². The number of aliphatic hydroxyl groups is 2. The number of cyclic esters (lactones) is 1. The van der Waals surface area contributed by atoms with Crippen LogP contribution in [0.25, 0.3) is 0 Å². The maximum atomic E-state index is 14.3. The Morgan fingerprint density at radius 3 is 2.27 bits per heavy atom.